The van der Waals surface area contributed by atoms with Crippen LogP contribution in [-0.4, -0.2) is 22.1 Å². The van der Waals surface area contributed by atoms with Crippen LogP contribution in [0.3, 0.4) is 0 Å². The highest BCUT2D eigenvalue weighted by Crippen LogP contribution is 2.59. The second-order valence-electron chi connectivity index (χ2n) is 6.57. The van der Waals surface area contributed by atoms with Crippen LogP contribution in [0, 0.1) is 23.7 Å². The van der Waals surface area contributed by atoms with Gasteiger partial charge in [-0.25, -0.2) is 15.0 Å². The van der Waals surface area contributed by atoms with Crippen molar-refractivity contribution in [3.63, 3.8) is 0 Å². The van der Waals surface area contributed by atoms with Crippen LogP contribution < -0.4 is 10.5 Å². The van der Waals surface area contributed by atoms with Gasteiger partial charge in [0.1, 0.15) is 17.5 Å². The zero-order valence-electron chi connectivity index (χ0n) is 13.7. The lowest BCUT2D eigenvalue weighted by atomic mass is 9.94. The third kappa shape index (κ3) is 2.48. The van der Waals surface area contributed by atoms with Crippen LogP contribution >= 0.6 is 0 Å². The van der Waals surface area contributed by atoms with Crippen molar-refractivity contribution >= 4 is 5.82 Å². The van der Waals surface area contributed by atoms with E-state index in [0.717, 1.165) is 28.8 Å². The molecule has 1 aliphatic carbocycles. The monoisotopic (exact) mass is 309 g/mol. The first-order chi connectivity index (χ1) is 10.9. The Balaban J connectivity index is 2.19. The molecule has 0 bridgehead atoms. The van der Waals surface area contributed by atoms with Gasteiger partial charge in [0.25, 0.3) is 0 Å². The summed E-state index contributed by atoms with van der Waals surface area (Å²) < 4.78 is 4.99. The minimum atomic E-state index is 0.228. The van der Waals surface area contributed by atoms with Gasteiger partial charge in [-0.05, 0) is 24.3 Å². The number of methoxy groups -OCH3 is 1. The molecule has 0 saturated heterocycles. The predicted octanol–water partition coefficient (Wildman–Crippen LogP) is 2.82. The second-order valence-corrected chi connectivity index (χ2v) is 6.57. The quantitative estimate of drug-likeness (QED) is 0.936. The molecule has 0 radical (unpaired) electrons. The van der Waals surface area contributed by atoms with Crippen LogP contribution in [0.5, 0.6) is 6.01 Å². The van der Waals surface area contributed by atoms with Crippen molar-refractivity contribution < 1.29 is 4.74 Å². The Labute approximate surface area is 135 Å². The van der Waals surface area contributed by atoms with Gasteiger partial charge in [0.05, 0.1) is 12.8 Å². The average molecular weight is 309 g/mol. The molecule has 0 unspecified atom stereocenters. The molecule has 2 heterocycles. The van der Waals surface area contributed by atoms with Gasteiger partial charge in [-0.3, -0.25) is 0 Å². The normalized spacial score (nSPS) is 18.3. The third-order valence-corrected chi connectivity index (χ3v) is 4.56. The van der Waals surface area contributed by atoms with Crippen molar-refractivity contribution in [1.29, 1.82) is 5.26 Å². The number of rotatable bonds is 3. The Morgan fingerprint density at radius 2 is 1.96 bits per heavy atom. The number of hydrogen-bond acceptors (Lipinski definition) is 6. The molecular weight excluding hydrogens is 290 g/mol. The lowest BCUT2D eigenvalue weighted by molar-refractivity contribution is 0.380. The minimum absolute atomic E-state index is 0.228. The molecule has 6 heteroatoms. The van der Waals surface area contributed by atoms with Crippen molar-refractivity contribution in [1.82, 2.24) is 15.0 Å². The maximum atomic E-state index is 9.50. The Hall–Kier alpha value is -2.68. The van der Waals surface area contributed by atoms with Crippen molar-refractivity contribution in [2.75, 3.05) is 12.8 Å². The fourth-order valence-electron chi connectivity index (χ4n) is 3.01. The lowest BCUT2D eigenvalue weighted by Gasteiger charge is -2.15. The van der Waals surface area contributed by atoms with E-state index in [9.17, 15) is 5.26 Å². The van der Waals surface area contributed by atoms with E-state index < -0.39 is 0 Å². The molecule has 1 atom stereocenters. The van der Waals surface area contributed by atoms with Crippen molar-refractivity contribution in [3.05, 3.63) is 29.2 Å². The summed E-state index contributed by atoms with van der Waals surface area (Å²) in [5.74, 6) is 0.636. The Morgan fingerprint density at radius 1 is 1.35 bits per heavy atom. The molecule has 23 heavy (non-hydrogen) atoms. The van der Waals surface area contributed by atoms with Gasteiger partial charge in [-0.2, -0.15) is 5.26 Å². The molecular formula is C17H19N5O. The molecule has 3 rings (SSSR count). The van der Waals surface area contributed by atoms with Crippen molar-refractivity contribution in [2.24, 2.45) is 5.41 Å². The number of anilines is 1. The van der Waals surface area contributed by atoms with Crippen LogP contribution in [0.15, 0.2) is 12.4 Å². The molecule has 2 aromatic heterocycles. The van der Waals surface area contributed by atoms with E-state index in [0.29, 0.717) is 11.5 Å². The number of hydrogen-bond donors (Lipinski definition) is 1. The van der Waals surface area contributed by atoms with E-state index in [1.54, 1.807) is 12.4 Å². The maximum absolute atomic E-state index is 9.50. The fourth-order valence-corrected chi connectivity index (χ4v) is 3.01. The van der Waals surface area contributed by atoms with Gasteiger partial charge in [0, 0.05) is 29.4 Å². The van der Waals surface area contributed by atoms with Crippen LogP contribution in [-0.2, 0) is 0 Å². The largest absolute Gasteiger partial charge is 0.467 e. The fraction of sp³-hybridized carbons (Fsp3) is 0.412. The molecule has 0 aliphatic heterocycles. The highest BCUT2D eigenvalue weighted by atomic mass is 16.5. The summed E-state index contributed by atoms with van der Waals surface area (Å²) in [4.78, 5) is 12.8. The first-order valence-corrected chi connectivity index (χ1v) is 7.45. The Kier molecular flexibility index (Phi) is 3.44. The van der Waals surface area contributed by atoms with Crippen LogP contribution in [0.1, 0.15) is 43.0 Å². The van der Waals surface area contributed by atoms with E-state index >= 15 is 0 Å². The van der Waals surface area contributed by atoms with Crippen LogP contribution in [0.2, 0.25) is 0 Å². The number of nitrogens with zero attached hydrogens (tertiary/aromatic N) is 4. The van der Waals surface area contributed by atoms with Crippen LogP contribution in [0.4, 0.5) is 5.82 Å². The van der Waals surface area contributed by atoms with Gasteiger partial charge >= 0.3 is 6.01 Å². The number of nitrogen functional groups attached to an aromatic ring is 1. The molecule has 1 saturated carbocycles. The number of ether oxygens (including phenoxy) is 1. The number of nitriles is 1. The minimum Gasteiger partial charge on any atom is -0.467 e. The molecule has 0 amide bonds. The summed E-state index contributed by atoms with van der Waals surface area (Å²) in [6.45, 7) is 6.41. The second kappa shape index (κ2) is 5.20. The smallest absolute Gasteiger partial charge is 0.316 e. The molecule has 1 fully saturated rings. The lowest BCUT2D eigenvalue weighted by Crippen LogP contribution is -2.07. The van der Waals surface area contributed by atoms with Gasteiger partial charge in [0.15, 0.2) is 0 Å². The van der Waals surface area contributed by atoms with E-state index in [2.05, 4.69) is 34.9 Å². The Bertz CT molecular complexity index is 805. The van der Waals surface area contributed by atoms with E-state index in [-0.39, 0.29) is 17.2 Å². The summed E-state index contributed by atoms with van der Waals surface area (Å²) in [5, 5.41) is 9.50. The average Bonchev–Trinajstić information content (AvgIpc) is 3.17. The van der Waals surface area contributed by atoms with Crippen LogP contribution in [0.25, 0.3) is 11.1 Å². The van der Waals surface area contributed by atoms with Gasteiger partial charge in [0.2, 0.25) is 0 Å². The standard InChI is InChI=1S/C17H19N5O/c1-9-13(10-7-20-16(23-4)21-8-10)11(6-18)15(19)22-14(9)12-5-17(12,2)3/h7-8,12H,5H2,1-4H3,(H2,19,22)/t12-/m0/s1. The number of pyridine rings is 1. The molecule has 0 aromatic carbocycles. The molecule has 0 spiro atoms. The molecule has 2 aromatic rings. The summed E-state index contributed by atoms with van der Waals surface area (Å²) in [5.41, 5.74) is 10.1. The molecule has 2 N–H and O–H groups in total. The van der Waals surface area contributed by atoms with Gasteiger partial charge < -0.3 is 10.5 Å². The number of aromatic nitrogens is 3. The number of nitrogens with two attached hydrogens (primary N) is 1. The summed E-state index contributed by atoms with van der Waals surface area (Å²) in [6, 6.07) is 2.45. The first-order valence-electron chi connectivity index (χ1n) is 7.45. The predicted molar refractivity (Wildman–Crippen MR) is 86.8 cm³/mol. The summed E-state index contributed by atoms with van der Waals surface area (Å²) >= 11 is 0. The molecule has 1 aliphatic rings. The third-order valence-electron chi connectivity index (χ3n) is 4.56. The highest BCUT2D eigenvalue weighted by molar-refractivity contribution is 5.78. The Morgan fingerprint density at radius 3 is 2.43 bits per heavy atom. The van der Waals surface area contributed by atoms with Crippen molar-refractivity contribution in [3.8, 4) is 23.2 Å². The summed E-state index contributed by atoms with van der Waals surface area (Å²) in [7, 11) is 1.51. The zero-order chi connectivity index (χ0) is 16.8. The van der Waals surface area contributed by atoms with Gasteiger partial charge in [-0.1, -0.05) is 13.8 Å². The molecule has 118 valence electrons. The van der Waals surface area contributed by atoms with Crippen molar-refractivity contribution in [2.45, 2.75) is 33.1 Å². The van der Waals surface area contributed by atoms with Gasteiger partial charge in [-0.15, -0.1) is 0 Å². The van der Waals surface area contributed by atoms with E-state index in [4.69, 9.17) is 10.5 Å². The highest BCUT2D eigenvalue weighted by Gasteiger charge is 2.48. The first kappa shape index (κ1) is 15.2. The maximum Gasteiger partial charge on any atom is 0.316 e. The summed E-state index contributed by atoms with van der Waals surface area (Å²) in [6.07, 6.45) is 4.37. The zero-order valence-corrected chi connectivity index (χ0v) is 13.7. The SMILES string of the molecule is COc1ncc(-c2c(C)c([C@@H]3CC3(C)C)nc(N)c2C#N)cn1. The topological polar surface area (TPSA) is 97.7 Å². The van der Waals surface area contributed by atoms with E-state index in [1.807, 2.05) is 6.92 Å². The van der Waals surface area contributed by atoms with E-state index in [1.165, 1.54) is 7.11 Å². The molecule has 6 nitrogen and oxygen atoms in total.